The van der Waals surface area contributed by atoms with Gasteiger partial charge in [-0.15, -0.1) is 0 Å². The zero-order valence-electron chi connectivity index (χ0n) is 8.67. The Morgan fingerprint density at radius 3 is 3.00 bits per heavy atom. The summed E-state index contributed by atoms with van der Waals surface area (Å²) >= 11 is 0. The summed E-state index contributed by atoms with van der Waals surface area (Å²) in [5.74, 6) is -0.0803. The fourth-order valence-electron chi connectivity index (χ4n) is 1.56. The maximum atomic E-state index is 11.5. The third-order valence-corrected chi connectivity index (χ3v) is 2.41. The van der Waals surface area contributed by atoms with Crippen molar-refractivity contribution in [3.8, 4) is 6.07 Å². The van der Waals surface area contributed by atoms with Crippen molar-refractivity contribution < 1.29 is 9.53 Å². The average Bonchev–Trinajstić information content (AvgIpc) is 2.33. The number of carbonyl (C=O) groups excluding carboxylic acids is 1. The van der Waals surface area contributed by atoms with E-state index < -0.39 is 6.10 Å². The average molecular weight is 217 g/mol. The molecule has 1 aromatic rings. The van der Waals surface area contributed by atoms with Crippen LogP contribution in [0.4, 0.5) is 0 Å². The number of carbonyl (C=O) groups is 1. The molecule has 1 atom stereocenters. The minimum atomic E-state index is -0.514. The molecule has 2 heterocycles. The molecule has 82 valence electrons. The van der Waals surface area contributed by atoms with Gasteiger partial charge < -0.3 is 9.64 Å². The zero-order valence-corrected chi connectivity index (χ0v) is 8.67. The van der Waals surface area contributed by atoms with Gasteiger partial charge in [-0.05, 0) is 17.7 Å². The largest absolute Gasteiger partial charge is 0.352 e. The van der Waals surface area contributed by atoms with E-state index in [0.29, 0.717) is 13.1 Å². The molecule has 0 spiro atoms. The Hall–Kier alpha value is -1.93. The van der Waals surface area contributed by atoms with Crippen LogP contribution < -0.4 is 0 Å². The van der Waals surface area contributed by atoms with E-state index in [4.69, 9.17) is 10.00 Å². The van der Waals surface area contributed by atoms with Crippen molar-refractivity contribution in [2.75, 3.05) is 13.2 Å². The second-order valence-corrected chi connectivity index (χ2v) is 3.56. The minimum Gasteiger partial charge on any atom is -0.352 e. The van der Waals surface area contributed by atoms with E-state index in [1.165, 1.54) is 0 Å². The lowest BCUT2D eigenvalue weighted by Gasteiger charge is -2.29. The Kier molecular flexibility index (Phi) is 3.13. The normalized spacial score (nSPS) is 20.6. The molecule has 1 aromatic heterocycles. The summed E-state index contributed by atoms with van der Waals surface area (Å²) in [7, 11) is 0. The molecule has 1 fully saturated rings. The first-order valence-corrected chi connectivity index (χ1v) is 4.97. The van der Waals surface area contributed by atoms with Gasteiger partial charge in [0.2, 0.25) is 5.91 Å². The van der Waals surface area contributed by atoms with E-state index in [9.17, 15) is 4.79 Å². The van der Waals surface area contributed by atoms with Crippen LogP contribution in [0.25, 0.3) is 0 Å². The number of pyridine rings is 1. The lowest BCUT2D eigenvalue weighted by Crippen LogP contribution is -2.45. The van der Waals surface area contributed by atoms with Gasteiger partial charge in [-0.3, -0.25) is 9.78 Å². The Morgan fingerprint density at radius 2 is 2.31 bits per heavy atom. The van der Waals surface area contributed by atoms with Crippen LogP contribution in [0.5, 0.6) is 0 Å². The molecule has 1 aliphatic rings. The second-order valence-electron chi connectivity index (χ2n) is 3.56. The first-order chi connectivity index (χ1) is 7.79. The maximum absolute atomic E-state index is 11.5. The van der Waals surface area contributed by atoms with Gasteiger partial charge in [0.25, 0.3) is 0 Å². The van der Waals surface area contributed by atoms with Crippen LogP contribution in [0.3, 0.4) is 0 Å². The molecule has 0 aromatic carbocycles. The lowest BCUT2D eigenvalue weighted by atomic mass is 10.2. The van der Waals surface area contributed by atoms with Crippen LogP contribution in [0.15, 0.2) is 24.5 Å². The summed E-state index contributed by atoms with van der Waals surface area (Å²) in [6, 6.07) is 5.71. The quantitative estimate of drug-likeness (QED) is 0.716. The number of hydrogen-bond acceptors (Lipinski definition) is 4. The first-order valence-electron chi connectivity index (χ1n) is 4.97. The standard InChI is InChI=1S/C11H11N3O2/c12-5-10-7-14(11(15)8-16-10)6-9-1-3-13-4-2-9/h1-4,10H,6-8H2. The predicted molar refractivity (Wildman–Crippen MR) is 55.0 cm³/mol. The van der Waals surface area contributed by atoms with Crippen LogP contribution in [0.2, 0.25) is 0 Å². The first kappa shape index (κ1) is 10.6. The molecule has 1 unspecified atom stereocenters. The highest BCUT2D eigenvalue weighted by Gasteiger charge is 2.25. The summed E-state index contributed by atoms with van der Waals surface area (Å²) < 4.78 is 5.04. The molecule has 1 saturated heterocycles. The SMILES string of the molecule is N#CC1CN(Cc2ccncc2)C(=O)CO1. The maximum Gasteiger partial charge on any atom is 0.249 e. The van der Waals surface area contributed by atoms with Gasteiger partial charge in [0.1, 0.15) is 6.61 Å². The monoisotopic (exact) mass is 217 g/mol. The van der Waals surface area contributed by atoms with Gasteiger partial charge in [0.15, 0.2) is 6.10 Å². The van der Waals surface area contributed by atoms with Crippen LogP contribution in [-0.2, 0) is 16.1 Å². The highest BCUT2D eigenvalue weighted by atomic mass is 16.5. The number of rotatable bonds is 2. The topological polar surface area (TPSA) is 66.2 Å². The summed E-state index contributed by atoms with van der Waals surface area (Å²) in [6.07, 6.45) is 2.85. The van der Waals surface area contributed by atoms with E-state index in [2.05, 4.69) is 4.98 Å². The molecule has 0 aliphatic carbocycles. The molecular weight excluding hydrogens is 206 g/mol. The lowest BCUT2D eigenvalue weighted by molar-refractivity contribution is -0.146. The van der Waals surface area contributed by atoms with Gasteiger partial charge in [-0.1, -0.05) is 0 Å². The van der Waals surface area contributed by atoms with E-state index in [1.54, 1.807) is 17.3 Å². The zero-order chi connectivity index (χ0) is 11.4. The van der Waals surface area contributed by atoms with Gasteiger partial charge in [0, 0.05) is 18.9 Å². The van der Waals surface area contributed by atoms with E-state index in [1.807, 2.05) is 18.2 Å². The second kappa shape index (κ2) is 4.73. The molecule has 2 rings (SSSR count). The van der Waals surface area contributed by atoms with Crippen LogP contribution >= 0.6 is 0 Å². The molecular formula is C11H11N3O2. The molecule has 5 heteroatoms. The number of hydrogen-bond donors (Lipinski definition) is 0. The van der Waals surface area contributed by atoms with Crippen LogP contribution in [-0.4, -0.2) is 35.0 Å². The molecule has 16 heavy (non-hydrogen) atoms. The number of aromatic nitrogens is 1. The minimum absolute atomic E-state index is 0.0106. The van der Waals surface area contributed by atoms with Crippen LogP contribution in [0.1, 0.15) is 5.56 Å². The third-order valence-electron chi connectivity index (χ3n) is 2.41. The van der Waals surface area contributed by atoms with Crippen molar-refractivity contribution in [2.45, 2.75) is 12.6 Å². The Bertz CT molecular complexity index is 413. The molecule has 0 bridgehead atoms. The fourth-order valence-corrected chi connectivity index (χ4v) is 1.56. The van der Waals surface area contributed by atoms with Gasteiger partial charge in [0.05, 0.1) is 12.6 Å². The Morgan fingerprint density at radius 1 is 1.56 bits per heavy atom. The molecule has 0 radical (unpaired) electrons. The summed E-state index contributed by atoms with van der Waals surface area (Å²) in [6.45, 7) is 0.823. The highest BCUT2D eigenvalue weighted by molar-refractivity contribution is 5.78. The summed E-state index contributed by atoms with van der Waals surface area (Å²) in [4.78, 5) is 17.1. The van der Waals surface area contributed by atoms with Gasteiger partial charge >= 0.3 is 0 Å². The van der Waals surface area contributed by atoms with Gasteiger partial charge in [-0.2, -0.15) is 5.26 Å². The Balaban J connectivity index is 2.03. The van der Waals surface area contributed by atoms with Crippen molar-refractivity contribution in [1.82, 2.24) is 9.88 Å². The molecule has 0 N–H and O–H groups in total. The van der Waals surface area contributed by atoms with Gasteiger partial charge in [-0.25, -0.2) is 0 Å². The van der Waals surface area contributed by atoms with Crippen molar-refractivity contribution >= 4 is 5.91 Å². The highest BCUT2D eigenvalue weighted by Crippen LogP contribution is 2.10. The van der Waals surface area contributed by atoms with Crippen molar-refractivity contribution in [1.29, 1.82) is 5.26 Å². The number of nitrogens with zero attached hydrogens (tertiary/aromatic N) is 3. The van der Waals surface area contributed by atoms with E-state index >= 15 is 0 Å². The number of amides is 1. The molecule has 1 amide bonds. The molecule has 1 aliphatic heterocycles. The number of nitriles is 1. The van der Waals surface area contributed by atoms with Crippen molar-refractivity contribution in [2.24, 2.45) is 0 Å². The third kappa shape index (κ3) is 2.35. The summed E-state index contributed by atoms with van der Waals surface area (Å²) in [5.41, 5.74) is 1.00. The Labute approximate surface area is 93.3 Å². The number of morpholine rings is 1. The van der Waals surface area contributed by atoms with E-state index in [0.717, 1.165) is 5.56 Å². The molecule has 0 saturated carbocycles. The number of ether oxygens (including phenoxy) is 1. The predicted octanol–water partition coefficient (Wildman–Crippen LogP) is 0.333. The smallest absolute Gasteiger partial charge is 0.249 e. The molecule has 5 nitrogen and oxygen atoms in total. The van der Waals surface area contributed by atoms with E-state index in [-0.39, 0.29) is 12.5 Å². The summed E-state index contributed by atoms with van der Waals surface area (Å²) in [5, 5.41) is 8.74. The van der Waals surface area contributed by atoms with Crippen molar-refractivity contribution in [3.63, 3.8) is 0 Å². The van der Waals surface area contributed by atoms with Crippen molar-refractivity contribution in [3.05, 3.63) is 30.1 Å². The van der Waals surface area contributed by atoms with Crippen LogP contribution in [0, 0.1) is 11.3 Å². The fraction of sp³-hybridized carbons (Fsp3) is 0.364.